The predicted octanol–water partition coefficient (Wildman–Crippen LogP) is 1.69. The molecule has 2 aromatic rings. The SMILES string of the molecule is Nc1cc(=O)[nH]c(SCc2ccnc(Cl)c2)n1. The number of nitrogen functional groups attached to an aromatic ring is 1. The fourth-order valence-corrected chi connectivity index (χ4v) is 2.23. The van der Waals surface area contributed by atoms with Gasteiger partial charge in [0, 0.05) is 18.0 Å². The van der Waals surface area contributed by atoms with E-state index in [1.807, 2.05) is 6.07 Å². The third kappa shape index (κ3) is 3.47. The smallest absolute Gasteiger partial charge is 0.253 e. The van der Waals surface area contributed by atoms with Crippen LogP contribution in [0.3, 0.4) is 0 Å². The van der Waals surface area contributed by atoms with Crippen molar-refractivity contribution in [3.8, 4) is 0 Å². The molecule has 3 N–H and O–H groups in total. The van der Waals surface area contributed by atoms with Gasteiger partial charge in [-0.05, 0) is 17.7 Å². The van der Waals surface area contributed by atoms with Gasteiger partial charge in [-0.1, -0.05) is 23.4 Å². The summed E-state index contributed by atoms with van der Waals surface area (Å²) in [6, 6.07) is 4.86. The molecule has 88 valence electrons. The maximum Gasteiger partial charge on any atom is 0.253 e. The molecule has 5 nitrogen and oxygen atoms in total. The minimum absolute atomic E-state index is 0.212. The molecule has 0 fully saturated rings. The number of nitrogens with zero attached hydrogens (tertiary/aromatic N) is 2. The molecule has 2 rings (SSSR count). The van der Waals surface area contributed by atoms with Gasteiger partial charge in [0.25, 0.3) is 5.56 Å². The van der Waals surface area contributed by atoms with Crippen LogP contribution in [0.4, 0.5) is 5.82 Å². The Morgan fingerprint density at radius 3 is 3.00 bits per heavy atom. The van der Waals surface area contributed by atoms with Gasteiger partial charge in [0.2, 0.25) is 0 Å². The van der Waals surface area contributed by atoms with E-state index in [9.17, 15) is 4.79 Å². The average Bonchev–Trinajstić information content (AvgIpc) is 2.25. The largest absolute Gasteiger partial charge is 0.383 e. The summed E-state index contributed by atoms with van der Waals surface area (Å²) < 4.78 is 0. The Kier molecular flexibility index (Phi) is 3.65. The van der Waals surface area contributed by atoms with Gasteiger partial charge < -0.3 is 10.7 Å². The fraction of sp³-hybridized carbons (Fsp3) is 0.100. The molecule has 7 heteroatoms. The summed E-state index contributed by atoms with van der Waals surface area (Å²) in [4.78, 5) is 21.7. The normalized spacial score (nSPS) is 10.4. The molecule has 0 saturated carbocycles. The van der Waals surface area contributed by atoms with E-state index in [4.69, 9.17) is 17.3 Å². The third-order valence-electron chi connectivity index (χ3n) is 1.91. The van der Waals surface area contributed by atoms with Crippen molar-refractivity contribution < 1.29 is 0 Å². The number of halogens is 1. The number of anilines is 1. The van der Waals surface area contributed by atoms with Gasteiger partial charge in [-0.3, -0.25) is 4.79 Å². The van der Waals surface area contributed by atoms with Crippen molar-refractivity contribution >= 4 is 29.2 Å². The highest BCUT2D eigenvalue weighted by Gasteiger charge is 2.01. The van der Waals surface area contributed by atoms with Gasteiger partial charge >= 0.3 is 0 Å². The number of hydrogen-bond acceptors (Lipinski definition) is 5. The summed E-state index contributed by atoms with van der Waals surface area (Å²) in [6.45, 7) is 0. The van der Waals surface area contributed by atoms with Crippen LogP contribution in [-0.4, -0.2) is 15.0 Å². The monoisotopic (exact) mass is 268 g/mol. The Labute approximate surface area is 106 Å². The summed E-state index contributed by atoms with van der Waals surface area (Å²) >= 11 is 7.14. The Morgan fingerprint density at radius 1 is 1.47 bits per heavy atom. The molecular weight excluding hydrogens is 260 g/mol. The maximum atomic E-state index is 11.2. The number of pyridine rings is 1. The zero-order valence-electron chi connectivity index (χ0n) is 8.68. The molecule has 0 saturated heterocycles. The van der Waals surface area contributed by atoms with Crippen LogP contribution in [0.5, 0.6) is 0 Å². The van der Waals surface area contributed by atoms with Crippen LogP contribution < -0.4 is 11.3 Å². The van der Waals surface area contributed by atoms with Gasteiger partial charge in [0.1, 0.15) is 11.0 Å². The van der Waals surface area contributed by atoms with Crippen LogP contribution in [0.1, 0.15) is 5.56 Å². The molecule has 0 aliphatic carbocycles. The minimum Gasteiger partial charge on any atom is -0.383 e. The first-order valence-corrected chi connectivity index (χ1v) is 6.10. The number of aromatic nitrogens is 3. The van der Waals surface area contributed by atoms with Crippen molar-refractivity contribution in [1.82, 2.24) is 15.0 Å². The molecule has 0 spiro atoms. The lowest BCUT2D eigenvalue weighted by Gasteiger charge is -2.02. The number of nitrogens with two attached hydrogens (primary N) is 1. The summed E-state index contributed by atoms with van der Waals surface area (Å²) in [5, 5.41) is 0.931. The molecule has 2 heterocycles. The Bertz CT molecular complexity index is 587. The summed E-state index contributed by atoms with van der Waals surface area (Å²) in [7, 11) is 0. The molecule has 0 aliphatic heterocycles. The van der Waals surface area contributed by atoms with E-state index in [0.717, 1.165) is 5.56 Å². The zero-order chi connectivity index (χ0) is 12.3. The lowest BCUT2D eigenvalue weighted by atomic mass is 10.3. The van der Waals surface area contributed by atoms with Gasteiger partial charge in [-0.2, -0.15) is 0 Å². The topological polar surface area (TPSA) is 84.7 Å². The first kappa shape index (κ1) is 11.9. The average molecular weight is 269 g/mol. The molecule has 17 heavy (non-hydrogen) atoms. The van der Waals surface area contributed by atoms with Crippen LogP contribution in [0.2, 0.25) is 5.15 Å². The molecule has 0 bridgehead atoms. The lowest BCUT2D eigenvalue weighted by Crippen LogP contribution is -2.09. The van der Waals surface area contributed by atoms with Crippen molar-refractivity contribution in [1.29, 1.82) is 0 Å². The van der Waals surface area contributed by atoms with E-state index < -0.39 is 0 Å². The van der Waals surface area contributed by atoms with E-state index in [1.165, 1.54) is 17.8 Å². The third-order valence-corrected chi connectivity index (χ3v) is 3.06. The second-order valence-electron chi connectivity index (χ2n) is 3.25. The van der Waals surface area contributed by atoms with Crippen molar-refractivity contribution in [3.63, 3.8) is 0 Å². The van der Waals surface area contributed by atoms with Crippen LogP contribution in [0, 0.1) is 0 Å². The van der Waals surface area contributed by atoms with Crippen molar-refractivity contribution in [2.45, 2.75) is 10.9 Å². The standard InChI is InChI=1S/C10H9ClN4OS/c11-7-3-6(1-2-13-7)5-17-10-14-8(12)4-9(16)15-10/h1-4H,5H2,(H3,12,14,15,16). The van der Waals surface area contributed by atoms with Crippen molar-refractivity contribution in [2.75, 3.05) is 5.73 Å². The first-order valence-electron chi connectivity index (χ1n) is 4.73. The predicted molar refractivity (Wildman–Crippen MR) is 68.1 cm³/mol. The molecular formula is C10H9ClN4OS. The Balaban J connectivity index is 2.09. The van der Waals surface area contributed by atoms with Crippen LogP contribution in [0.25, 0.3) is 0 Å². The second-order valence-corrected chi connectivity index (χ2v) is 4.60. The van der Waals surface area contributed by atoms with E-state index in [-0.39, 0.29) is 11.4 Å². The molecule has 0 aromatic carbocycles. The van der Waals surface area contributed by atoms with Crippen LogP contribution in [-0.2, 0) is 5.75 Å². The number of H-pyrrole nitrogens is 1. The van der Waals surface area contributed by atoms with E-state index in [2.05, 4.69) is 15.0 Å². The van der Waals surface area contributed by atoms with E-state index >= 15 is 0 Å². The quantitative estimate of drug-likeness (QED) is 0.503. The van der Waals surface area contributed by atoms with Crippen LogP contribution in [0.15, 0.2) is 34.3 Å². The second kappa shape index (κ2) is 5.20. The Hall–Kier alpha value is -1.53. The van der Waals surface area contributed by atoms with Crippen molar-refractivity contribution in [2.24, 2.45) is 0 Å². The highest BCUT2D eigenvalue weighted by molar-refractivity contribution is 7.98. The highest BCUT2D eigenvalue weighted by atomic mass is 35.5. The van der Waals surface area contributed by atoms with Gasteiger partial charge in [0.15, 0.2) is 5.16 Å². The minimum atomic E-state index is -0.257. The fourth-order valence-electron chi connectivity index (χ4n) is 1.21. The summed E-state index contributed by atoms with van der Waals surface area (Å²) in [6.07, 6.45) is 1.63. The first-order chi connectivity index (χ1) is 8.13. The van der Waals surface area contributed by atoms with Gasteiger partial charge in [-0.25, -0.2) is 9.97 Å². The molecule has 0 unspecified atom stereocenters. The molecule has 2 aromatic heterocycles. The highest BCUT2D eigenvalue weighted by Crippen LogP contribution is 2.19. The molecule has 0 aliphatic rings. The maximum absolute atomic E-state index is 11.2. The number of rotatable bonds is 3. The van der Waals surface area contributed by atoms with Crippen LogP contribution >= 0.6 is 23.4 Å². The molecule has 0 atom stereocenters. The zero-order valence-corrected chi connectivity index (χ0v) is 10.3. The Morgan fingerprint density at radius 2 is 2.29 bits per heavy atom. The number of hydrogen-bond donors (Lipinski definition) is 2. The molecule has 0 amide bonds. The lowest BCUT2D eigenvalue weighted by molar-refractivity contribution is 0.945. The number of thioether (sulfide) groups is 1. The van der Waals surface area contributed by atoms with E-state index in [0.29, 0.717) is 16.1 Å². The summed E-state index contributed by atoms with van der Waals surface area (Å²) in [5.41, 5.74) is 6.22. The number of nitrogens with one attached hydrogen (secondary N) is 1. The molecule has 0 radical (unpaired) electrons. The van der Waals surface area contributed by atoms with Gasteiger partial charge in [-0.15, -0.1) is 0 Å². The summed E-state index contributed by atoms with van der Waals surface area (Å²) in [5.74, 6) is 0.846. The number of aromatic amines is 1. The van der Waals surface area contributed by atoms with Gasteiger partial charge in [0.05, 0.1) is 0 Å². The van der Waals surface area contributed by atoms with Crippen molar-refractivity contribution in [3.05, 3.63) is 45.5 Å². The van der Waals surface area contributed by atoms with E-state index in [1.54, 1.807) is 12.3 Å².